The molecule has 0 aliphatic rings. The van der Waals surface area contributed by atoms with E-state index in [4.69, 9.17) is 6.42 Å². The molecular weight excluding hydrogens is 164 g/mol. The van der Waals surface area contributed by atoms with Crippen LogP contribution in [0.3, 0.4) is 0 Å². The predicted molar refractivity (Wildman–Crippen MR) is 59.5 cm³/mol. The number of hydrogen-bond donors (Lipinski definition) is 0. The van der Waals surface area contributed by atoms with Gasteiger partial charge in [-0.3, -0.25) is 0 Å². The van der Waals surface area contributed by atoms with Gasteiger partial charge in [-0.15, -0.1) is 12.3 Å². The summed E-state index contributed by atoms with van der Waals surface area (Å²) in [6.07, 6.45) is 10.5. The van der Waals surface area contributed by atoms with Gasteiger partial charge in [-0.1, -0.05) is 26.7 Å². The van der Waals surface area contributed by atoms with Gasteiger partial charge in [0.1, 0.15) is 0 Å². The zero-order chi connectivity index (χ0) is 9.23. The zero-order valence-corrected chi connectivity index (χ0v) is 9.12. The van der Waals surface area contributed by atoms with Gasteiger partial charge in [-0.2, -0.15) is 11.8 Å². The van der Waals surface area contributed by atoms with Crippen LogP contribution in [-0.2, 0) is 0 Å². The van der Waals surface area contributed by atoms with Crippen LogP contribution < -0.4 is 0 Å². The molecule has 1 atom stereocenters. The second kappa shape index (κ2) is 9.00. The van der Waals surface area contributed by atoms with Crippen LogP contribution in [0.2, 0.25) is 0 Å². The van der Waals surface area contributed by atoms with Crippen molar-refractivity contribution in [1.29, 1.82) is 0 Å². The van der Waals surface area contributed by atoms with Gasteiger partial charge in [0.2, 0.25) is 0 Å². The molecule has 0 amide bonds. The Hall–Kier alpha value is -0.0900. The van der Waals surface area contributed by atoms with E-state index >= 15 is 0 Å². The van der Waals surface area contributed by atoms with Crippen molar-refractivity contribution in [3.8, 4) is 12.3 Å². The molecule has 70 valence electrons. The Morgan fingerprint density at radius 3 is 2.67 bits per heavy atom. The first-order chi connectivity index (χ1) is 5.81. The lowest BCUT2D eigenvalue weighted by molar-refractivity contribution is 0.590. The molecule has 1 unspecified atom stereocenters. The average Bonchev–Trinajstić information content (AvgIpc) is 2.10. The third kappa shape index (κ3) is 8.01. The van der Waals surface area contributed by atoms with Crippen molar-refractivity contribution in [2.45, 2.75) is 39.5 Å². The molecular formula is C11H20S. The molecule has 0 nitrogen and oxygen atoms in total. The van der Waals surface area contributed by atoms with Crippen molar-refractivity contribution in [1.82, 2.24) is 0 Å². The highest BCUT2D eigenvalue weighted by Gasteiger charge is 1.95. The van der Waals surface area contributed by atoms with E-state index in [1.807, 2.05) is 11.8 Å². The minimum absolute atomic E-state index is 0.476. The van der Waals surface area contributed by atoms with E-state index in [1.165, 1.54) is 37.2 Å². The first kappa shape index (κ1) is 11.9. The molecule has 0 bridgehead atoms. The summed E-state index contributed by atoms with van der Waals surface area (Å²) >= 11 is 2.03. The Morgan fingerprint density at radius 1 is 1.33 bits per heavy atom. The molecule has 0 aromatic rings. The number of thioether (sulfide) groups is 1. The molecule has 12 heavy (non-hydrogen) atoms. The van der Waals surface area contributed by atoms with Crippen LogP contribution in [-0.4, -0.2) is 11.5 Å². The summed E-state index contributed by atoms with van der Waals surface area (Å²) in [6, 6.07) is 0. The summed E-state index contributed by atoms with van der Waals surface area (Å²) in [5.41, 5.74) is 0. The van der Waals surface area contributed by atoms with Crippen LogP contribution in [0.1, 0.15) is 39.5 Å². The van der Waals surface area contributed by atoms with Gasteiger partial charge in [0.05, 0.1) is 0 Å². The lowest BCUT2D eigenvalue weighted by Crippen LogP contribution is -1.90. The van der Waals surface area contributed by atoms with E-state index in [-0.39, 0.29) is 0 Å². The van der Waals surface area contributed by atoms with Crippen LogP contribution in [0.4, 0.5) is 0 Å². The summed E-state index contributed by atoms with van der Waals surface area (Å²) in [4.78, 5) is 0. The summed E-state index contributed by atoms with van der Waals surface area (Å²) in [5, 5.41) is 0. The third-order valence-electron chi connectivity index (χ3n) is 1.91. The van der Waals surface area contributed by atoms with Gasteiger partial charge in [0.25, 0.3) is 0 Å². The molecule has 1 heteroatoms. The maximum Gasteiger partial charge on any atom is 0.0171 e. The van der Waals surface area contributed by atoms with Gasteiger partial charge in [0, 0.05) is 5.92 Å². The van der Waals surface area contributed by atoms with E-state index in [0.717, 1.165) is 0 Å². The monoisotopic (exact) mass is 184 g/mol. The third-order valence-corrected chi connectivity index (χ3v) is 2.90. The SMILES string of the molecule is C#CC(C)CCCCCSCC. The summed E-state index contributed by atoms with van der Waals surface area (Å²) < 4.78 is 0. The molecule has 0 aliphatic heterocycles. The average molecular weight is 184 g/mol. The largest absolute Gasteiger partial charge is 0.162 e. The van der Waals surface area contributed by atoms with E-state index < -0.39 is 0 Å². The first-order valence-electron chi connectivity index (χ1n) is 4.85. The Balaban J connectivity index is 2.96. The normalized spacial score (nSPS) is 12.4. The highest BCUT2D eigenvalue weighted by molar-refractivity contribution is 7.99. The number of terminal acetylenes is 1. The Bertz CT molecular complexity index is 123. The molecule has 0 spiro atoms. The standard InChI is InChI=1S/C11H20S/c1-4-11(3)9-7-6-8-10-12-5-2/h1,11H,5-10H2,2-3H3. The van der Waals surface area contributed by atoms with Gasteiger partial charge in [-0.25, -0.2) is 0 Å². The molecule has 0 saturated heterocycles. The lowest BCUT2D eigenvalue weighted by atomic mass is 10.0. The van der Waals surface area contributed by atoms with Crippen LogP contribution in [0.15, 0.2) is 0 Å². The molecule has 0 aliphatic carbocycles. The van der Waals surface area contributed by atoms with Gasteiger partial charge >= 0.3 is 0 Å². The fourth-order valence-electron chi connectivity index (χ4n) is 1.06. The van der Waals surface area contributed by atoms with Crippen LogP contribution in [0.5, 0.6) is 0 Å². The first-order valence-corrected chi connectivity index (χ1v) is 6.00. The van der Waals surface area contributed by atoms with Gasteiger partial charge in [0.15, 0.2) is 0 Å². The van der Waals surface area contributed by atoms with Crippen molar-refractivity contribution in [3.05, 3.63) is 0 Å². The van der Waals surface area contributed by atoms with Crippen molar-refractivity contribution in [2.75, 3.05) is 11.5 Å². The summed E-state index contributed by atoms with van der Waals surface area (Å²) in [5.74, 6) is 5.81. The fourth-order valence-corrected chi connectivity index (χ4v) is 1.76. The van der Waals surface area contributed by atoms with Crippen molar-refractivity contribution < 1.29 is 0 Å². The lowest BCUT2D eigenvalue weighted by Gasteiger charge is -2.02. The zero-order valence-electron chi connectivity index (χ0n) is 8.31. The molecule has 0 rings (SSSR count). The molecule has 0 saturated carbocycles. The minimum atomic E-state index is 0.476. The Labute approximate surface area is 81.5 Å². The second-order valence-electron chi connectivity index (χ2n) is 3.11. The van der Waals surface area contributed by atoms with Crippen LogP contribution in [0, 0.1) is 18.3 Å². The van der Waals surface area contributed by atoms with Gasteiger partial charge in [-0.05, 0) is 24.3 Å². The van der Waals surface area contributed by atoms with Crippen molar-refractivity contribution >= 4 is 11.8 Å². The number of rotatable bonds is 7. The maximum atomic E-state index is 5.28. The summed E-state index contributed by atoms with van der Waals surface area (Å²) in [7, 11) is 0. The van der Waals surface area contributed by atoms with E-state index in [9.17, 15) is 0 Å². The highest BCUT2D eigenvalue weighted by Crippen LogP contribution is 2.10. The number of unbranched alkanes of at least 4 members (excludes halogenated alkanes) is 2. The number of hydrogen-bond acceptors (Lipinski definition) is 1. The molecule has 0 aromatic carbocycles. The van der Waals surface area contributed by atoms with Crippen molar-refractivity contribution in [3.63, 3.8) is 0 Å². The molecule has 0 N–H and O–H groups in total. The molecule has 0 aromatic heterocycles. The van der Waals surface area contributed by atoms with Crippen LogP contribution in [0.25, 0.3) is 0 Å². The summed E-state index contributed by atoms with van der Waals surface area (Å²) in [6.45, 7) is 4.34. The fraction of sp³-hybridized carbons (Fsp3) is 0.818. The van der Waals surface area contributed by atoms with E-state index in [1.54, 1.807) is 0 Å². The molecule has 0 radical (unpaired) electrons. The predicted octanol–water partition coefficient (Wildman–Crippen LogP) is 3.57. The highest BCUT2D eigenvalue weighted by atomic mass is 32.2. The quantitative estimate of drug-likeness (QED) is 0.430. The van der Waals surface area contributed by atoms with Gasteiger partial charge < -0.3 is 0 Å². The molecule has 0 fully saturated rings. The minimum Gasteiger partial charge on any atom is -0.162 e. The molecule has 0 heterocycles. The van der Waals surface area contributed by atoms with E-state index in [0.29, 0.717) is 5.92 Å². The Kier molecular flexibility index (Phi) is 8.93. The van der Waals surface area contributed by atoms with Crippen molar-refractivity contribution in [2.24, 2.45) is 5.92 Å². The maximum absolute atomic E-state index is 5.28. The Morgan fingerprint density at radius 2 is 2.08 bits per heavy atom. The van der Waals surface area contributed by atoms with Crippen LogP contribution >= 0.6 is 11.8 Å². The topological polar surface area (TPSA) is 0 Å². The smallest absolute Gasteiger partial charge is 0.0171 e. The second-order valence-corrected chi connectivity index (χ2v) is 4.51. The van der Waals surface area contributed by atoms with E-state index in [2.05, 4.69) is 19.8 Å².